The molecule has 0 radical (unpaired) electrons. The number of fused-ring (bicyclic) bond motifs is 7. The molecule has 9 atom stereocenters. The normalized spacial score (nSPS) is 44.1. The Labute approximate surface area is 264 Å². The summed E-state index contributed by atoms with van der Waals surface area (Å²) in [7, 11) is 0. The van der Waals surface area contributed by atoms with Crippen molar-refractivity contribution in [1.82, 2.24) is 5.32 Å². The van der Waals surface area contributed by atoms with Crippen LogP contribution < -0.4 is 10.6 Å². The lowest BCUT2D eigenvalue weighted by Crippen LogP contribution is -2.67. The summed E-state index contributed by atoms with van der Waals surface area (Å²) < 4.78 is 5.87. The third-order valence-corrected chi connectivity index (χ3v) is 14.3. The number of carbonyl (C=O) groups is 3. The van der Waals surface area contributed by atoms with Gasteiger partial charge in [-0.1, -0.05) is 65.3 Å². The lowest BCUT2D eigenvalue weighted by molar-refractivity contribution is -0.210. The van der Waals surface area contributed by atoms with Gasteiger partial charge in [-0.25, -0.2) is 4.79 Å². The molecule has 6 heteroatoms. The fourth-order valence-electron chi connectivity index (χ4n) is 11.6. The first kappa shape index (κ1) is 31.4. The predicted molar refractivity (Wildman–Crippen MR) is 174 cm³/mol. The molecule has 5 aliphatic carbocycles. The highest BCUT2D eigenvalue weighted by molar-refractivity contribution is 5.95. The smallest absolute Gasteiger partial charge is 0.319 e. The molecule has 5 aliphatic rings. The molecule has 6 rings (SSSR count). The Morgan fingerprint density at radius 3 is 2.23 bits per heavy atom. The van der Waals surface area contributed by atoms with E-state index in [1.807, 2.05) is 30.3 Å². The zero-order valence-electron chi connectivity index (χ0n) is 28.3. The van der Waals surface area contributed by atoms with E-state index in [4.69, 9.17) is 4.74 Å². The van der Waals surface area contributed by atoms with Crippen LogP contribution in [0, 0.1) is 44.8 Å². The lowest BCUT2D eigenvalue weighted by atomic mass is 9.33. The van der Waals surface area contributed by atoms with Crippen molar-refractivity contribution in [3.63, 3.8) is 0 Å². The Hall–Kier alpha value is -2.63. The second-order valence-corrected chi connectivity index (χ2v) is 17.2. The number of rotatable bonds is 3. The molecule has 4 saturated carbocycles. The van der Waals surface area contributed by atoms with Crippen molar-refractivity contribution in [2.24, 2.45) is 44.8 Å². The molecular formula is C38H54N2O4. The third kappa shape index (κ3) is 4.59. The van der Waals surface area contributed by atoms with Gasteiger partial charge in [0.2, 0.25) is 0 Å². The summed E-state index contributed by atoms with van der Waals surface area (Å²) >= 11 is 0. The highest BCUT2D eigenvalue weighted by Gasteiger charge is 2.70. The molecule has 1 aromatic carbocycles. The van der Waals surface area contributed by atoms with Gasteiger partial charge in [0, 0.05) is 29.5 Å². The average Bonchev–Trinajstić information content (AvgIpc) is 2.93. The highest BCUT2D eigenvalue weighted by Crippen LogP contribution is 2.75. The van der Waals surface area contributed by atoms with Crippen molar-refractivity contribution < 1.29 is 19.1 Å². The van der Waals surface area contributed by atoms with Gasteiger partial charge in [-0.15, -0.1) is 0 Å². The quantitative estimate of drug-likeness (QED) is 0.340. The molecule has 2 amide bonds. The van der Waals surface area contributed by atoms with E-state index in [0.717, 1.165) is 63.5 Å². The van der Waals surface area contributed by atoms with Crippen LogP contribution in [0.3, 0.4) is 0 Å². The Kier molecular flexibility index (Phi) is 7.26. The number of anilines is 1. The highest BCUT2D eigenvalue weighted by atomic mass is 16.5. The second kappa shape index (κ2) is 10.2. The summed E-state index contributed by atoms with van der Waals surface area (Å²) in [5.74, 6) is 0.612. The number of esters is 1. The van der Waals surface area contributed by atoms with Gasteiger partial charge in [0.15, 0.2) is 5.78 Å². The maximum absolute atomic E-state index is 14.6. The van der Waals surface area contributed by atoms with Gasteiger partial charge >= 0.3 is 12.0 Å². The molecule has 0 aliphatic heterocycles. The van der Waals surface area contributed by atoms with Crippen LogP contribution in [0.15, 0.2) is 42.0 Å². The van der Waals surface area contributed by atoms with E-state index in [-0.39, 0.29) is 62.6 Å². The van der Waals surface area contributed by atoms with E-state index in [1.165, 1.54) is 12.5 Å². The van der Waals surface area contributed by atoms with Crippen molar-refractivity contribution in [2.75, 3.05) is 5.32 Å². The molecule has 0 spiro atoms. The number of urea groups is 1. The summed E-state index contributed by atoms with van der Waals surface area (Å²) in [5, 5.41) is 6.37. The summed E-state index contributed by atoms with van der Waals surface area (Å²) in [6.45, 7) is 17.9. The monoisotopic (exact) mass is 602 g/mol. The SMILES string of the molecule is CC(=O)O[C@H]1CC[C@]2(C)[C@H]3C(=O)C=C4[C@H]5C[C@@](C)(NC(=O)Nc6ccccc6)CC[C@]5(C)CC[C@@]4(C)[C@]3(C)CC[C@H]2C1(C)C. The molecule has 240 valence electrons. The van der Waals surface area contributed by atoms with Gasteiger partial charge in [0.25, 0.3) is 0 Å². The maximum atomic E-state index is 14.6. The van der Waals surface area contributed by atoms with Crippen molar-refractivity contribution in [3.8, 4) is 0 Å². The number of hydrogen-bond acceptors (Lipinski definition) is 4. The van der Waals surface area contributed by atoms with Crippen LogP contribution in [-0.2, 0) is 14.3 Å². The first-order valence-electron chi connectivity index (χ1n) is 17.0. The number of ketones is 1. The molecule has 2 N–H and O–H groups in total. The molecule has 0 heterocycles. The third-order valence-electron chi connectivity index (χ3n) is 14.3. The standard InChI is InChI=1S/C38H54N2O4/c1-24(41)44-30-15-16-36(6)29(33(30,2)3)14-17-38(8)31(36)28(42)22-26-27-23-35(5,20-18-34(27,4)19-21-37(26,38)7)40-32(43)39-25-12-10-9-11-13-25/h9-13,22,27,29-31H,14-21,23H2,1-8H3,(H2,39,40,43)/t27-,29+,30+,31-,34-,35+,36+,37-,38-/m1/s1. The maximum Gasteiger partial charge on any atom is 0.319 e. The van der Waals surface area contributed by atoms with E-state index in [1.54, 1.807) is 0 Å². The molecule has 0 saturated heterocycles. The van der Waals surface area contributed by atoms with E-state index in [2.05, 4.69) is 65.2 Å². The van der Waals surface area contributed by atoms with Gasteiger partial charge < -0.3 is 15.4 Å². The number of amides is 2. The van der Waals surface area contributed by atoms with E-state index in [0.29, 0.717) is 11.7 Å². The first-order valence-corrected chi connectivity index (χ1v) is 17.0. The van der Waals surface area contributed by atoms with Gasteiger partial charge in [-0.05, 0) is 116 Å². The van der Waals surface area contributed by atoms with Crippen LogP contribution in [-0.4, -0.2) is 29.4 Å². The topological polar surface area (TPSA) is 84.5 Å². The number of hydrogen-bond donors (Lipinski definition) is 2. The van der Waals surface area contributed by atoms with Crippen LogP contribution in [0.25, 0.3) is 0 Å². The fourth-order valence-corrected chi connectivity index (χ4v) is 11.6. The molecule has 6 nitrogen and oxygen atoms in total. The molecule has 4 fully saturated rings. The second-order valence-electron chi connectivity index (χ2n) is 17.2. The lowest BCUT2D eigenvalue weighted by Gasteiger charge is -2.70. The predicted octanol–water partition coefficient (Wildman–Crippen LogP) is 8.47. The minimum absolute atomic E-state index is 0.0471. The van der Waals surface area contributed by atoms with Crippen LogP contribution in [0.1, 0.15) is 113 Å². The number of allylic oxidation sites excluding steroid dienone is 2. The Balaban J connectivity index is 1.31. The summed E-state index contributed by atoms with van der Waals surface area (Å²) in [6, 6.07) is 9.43. The zero-order valence-corrected chi connectivity index (χ0v) is 28.3. The minimum Gasteiger partial charge on any atom is -0.462 e. The zero-order chi connectivity index (χ0) is 31.9. The van der Waals surface area contributed by atoms with Crippen LogP contribution in [0.5, 0.6) is 0 Å². The van der Waals surface area contributed by atoms with Gasteiger partial charge in [0.1, 0.15) is 6.10 Å². The number of ether oxygens (including phenoxy) is 1. The molecule has 1 aromatic rings. The summed E-state index contributed by atoms with van der Waals surface area (Å²) in [4.78, 5) is 39.8. The van der Waals surface area contributed by atoms with Crippen LogP contribution in [0.2, 0.25) is 0 Å². The molecule has 44 heavy (non-hydrogen) atoms. The summed E-state index contributed by atoms with van der Waals surface area (Å²) in [6.07, 6.45) is 10.8. The Bertz CT molecular complexity index is 1390. The number of benzene rings is 1. The number of para-hydroxylation sites is 1. The largest absolute Gasteiger partial charge is 0.462 e. The van der Waals surface area contributed by atoms with Crippen molar-refractivity contribution in [3.05, 3.63) is 42.0 Å². The number of carbonyl (C=O) groups excluding carboxylic acids is 3. The summed E-state index contributed by atoms with van der Waals surface area (Å²) in [5.41, 5.74) is 1.35. The van der Waals surface area contributed by atoms with E-state index >= 15 is 0 Å². The molecule has 0 unspecified atom stereocenters. The van der Waals surface area contributed by atoms with Crippen molar-refractivity contribution in [2.45, 2.75) is 125 Å². The minimum atomic E-state index is -0.355. The van der Waals surface area contributed by atoms with Gasteiger partial charge in [0.05, 0.1) is 0 Å². The van der Waals surface area contributed by atoms with Gasteiger partial charge in [-0.3, -0.25) is 9.59 Å². The van der Waals surface area contributed by atoms with E-state index < -0.39 is 0 Å². The molecule has 0 bridgehead atoms. The van der Waals surface area contributed by atoms with Crippen LogP contribution >= 0.6 is 0 Å². The van der Waals surface area contributed by atoms with Crippen molar-refractivity contribution in [1.29, 1.82) is 0 Å². The Morgan fingerprint density at radius 2 is 1.55 bits per heavy atom. The molecule has 0 aromatic heterocycles. The fraction of sp³-hybridized carbons (Fsp3) is 0.711. The van der Waals surface area contributed by atoms with E-state index in [9.17, 15) is 14.4 Å². The number of nitrogens with one attached hydrogen (secondary N) is 2. The van der Waals surface area contributed by atoms with Gasteiger partial charge in [-0.2, -0.15) is 0 Å². The van der Waals surface area contributed by atoms with Crippen LogP contribution in [0.4, 0.5) is 10.5 Å². The van der Waals surface area contributed by atoms with Crippen molar-refractivity contribution >= 4 is 23.5 Å². The molecular weight excluding hydrogens is 548 g/mol. The first-order chi connectivity index (χ1) is 20.5. The Morgan fingerprint density at radius 1 is 0.864 bits per heavy atom. The average molecular weight is 603 g/mol.